The molecule has 0 aliphatic carbocycles. The van der Waals surface area contributed by atoms with Crippen molar-refractivity contribution in [2.24, 2.45) is 0 Å². The van der Waals surface area contributed by atoms with Gasteiger partial charge in [-0.15, -0.1) is 0 Å². The quantitative estimate of drug-likeness (QED) is 0.286. The van der Waals surface area contributed by atoms with Crippen molar-refractivity contribution in [3.8, 4) is 22.7 Å². The van der Waals surface area contributed by atoms with Gasteiger partial charge < -0.3 is 14.4 Å². The normalized spacial score (nSPS) is 13.5. The number of amides is 2. The number of anilines is 1. The van der Waals surface area contributed by atoms with Gasteiger partial charge in [-0.3, -0.25) is 24.4 Å². The maximum Gasteiger partial charge on any atom is 0.257 e. The number of nitrogens with zero attached hydrogens (tertiary/aromatic N) is 4. The highest BCUT2D eigenvalue weighted by molar-refractivity contribution is 6.30. The van der Waals surface area contributed by atoms with Crippen LogP contribution in [0.2, 0.25) is 5.02 Å². The van der Waals surface area contributed by atoms with Gasteiger partial charge in [-0.2, -0.15) is 0 Å². The summed E-state index contributed by atoms with van der Waals surface area (Å²) in [6, 6.07) is 20.3. The van der Waals surface area contributed by atoms with Crippen LogP contribution in [-0.2, 0) is 9.53 Å². The molecule has 0 radical (unpaired) electrons. The van der Waals surface area contributed by atoms with Crippen LogP contribution >= 0.6 is 11.6 Å². The number of nitrogens with one attached hydrogen (secondary N) is 1. The van der Waals surface area contributed by atoms with Crippen LogP contribution in [0.25, 0.3) is 16.9 Å². The summed E-state index contributed by atoms with van der Waals surface area (Å²) in [5.41, 5.74) is 2.08. The minimum Gasteiger partial charge on any atom is -0.497 e. The molecule has 1 fully saturated rings. The minimum atomic E-state index is -0.637. The third-order valence-electron chi connectivity index (χ3n) is 6.96. The predicted molar refractivity (Wildman–Crippen MR) is 159 cm³/mol. The van der Waals surface area contributed by atoms with Gasteiger partial charge in [-0.05, 0) is 48.5 Å². The molecule has 1 aliphatic rings. The van der Waals surface area contributed by atoms with E-state index >= 15 is 0 Å². The van der Waals surface area contributed by atoms with Gasteiger partial charge in [0.1, 0.15) is 18.1 Å². The van der Waals surface area contributed by atoms with E-state index in [0.29, 0.717) is 36.2 Å². The molecule has 0 saturated carbocycles. The maximum absolute atomic E-state index is 14.6. The van der Waals surface area contributed by atoms with Crippen LogP contribution in [0, 0.1) is 5.82 Å². The summed E-state index contributed by atoms with van der Waals surface area (Å²) in [7, 11) is 1.59. The highest BCUT2D eigenvalue weighted by Gasteiger charge is 2.24. The van der Waals surface area contributed by atoms with E-state index in [-0.39, 0.29) is 24.6 Å². The molecule has 2 amide bonds. The van der Waals surface area contributed by atoms with Crippen molar-refractivity contribution in [2.75, 3.05) is 58.4 Å². The number of halogens is 2. The monoisotopic (exact) mass is 591 g/mol. The molecule has 1 aliphatic heterocycles. The van der Waals surface area contributed by atoms with E-state index in [9.17, 15) is 14.0 Å². The molecule has 0 unspecified atom stereocenters. The summed E-state index contributed by atoms with van der Waals surface area (Å²) in [4.78, 5) is 35.1. The Morgan fingerprint density at radius 3 is 2.45 bits per heavy atom. The predicted octanol–water partition coefficient (Wildman–Crippen LogP) is 4.75. The Kier molecular flexibility index (Phi) is 9.48. The molecule has 9 nitrogen and oxygen atoms in total. The fraction of sp³-hybridized carbons (Fsp3) is 0.258. The van der Waals surface area contributed by atoms with E-state index < -0.39 is 17.6 Å². The van der Waals surface area contributed by atoms with Crippen molar-refractivity contribution in [1.29, 1.82) is 0 Å². The molecule has 218 valence electrons. The molecule has 42 heavy (non-hydrogen) atoms. The topological polar surface area (TPSA) is 88.9 Å². The van der Waals surface area contributed by atoms with E-state index in [1.807, 2.05) is 36.4 Å². The van der Waals surface area contributed by atoms with E-state index in [0.717, 1.165) is 24.3 Å². The second-order valence-electron chi connectivity index (χ2n) is 9.73. The fourth-order valence-electron chi connectivity index (χ4n) is 4.65. The molecule has 4 aromatic rings. The summed E-state index contributed by atoms with van der Waals surface area (Å²) in [5, 5.41) is 3.46. The average molecular weight is 592 g/mol. The van der Waals surface area contributed by atoms with Crippen LogP contribution in [0.4, 0.5) is 10.3 Å². The summed E-state index contributed by atoms with van der Waals surface area (Å²) in [5.74, 6) is -0.713. The van der Waals surface area contributed by atoms with E-state index in [4.69, 9.17) is 21.1 Å². The summed E-state index contributed by atoms with van der Waals surface area (Å²) in [6.45, 7) is 3.13. The molecule has 1 aromatic heterocycles. The second-order valence-corrected chi connectivity index (χ2v) is 10.2. The van der Waals surface area contributed by atoms with Crippen LogP contribution in [-0.4, -0.2) is 84.2 Å². The molecule has 0 bridgehead atoms. The van der Waals surface area contributed by atoms with Gasteiger partial charge in [0.25, 0.3) is 5.91 Å². The highest BCUT2D eigenvalue weighted by Crippen LogP contribution is 2.26. The number of hydrogen-bond donors (Lipinski definition) is 1. The number of rotatable bonds is 10. The zero-order valence-corrected chi connectivity index (χ0v) is 23.9. The molecule has 11 heteroatoms. The number of ether oxygens (including phenoxy) is 2. The molecule has 3 aromatic carbocycles. The zero-order chi connectivity index (χ0) is 29.5. The van der Waals surface area contributed by atoms with Crippen molar-refractivity contribution >= 4 is 29.4 Å². The van der Waals surface area contributed by atoms with Crippen LogP contribution in [0.3, 0.4) is 0 Å². The molecular weight excluding hydrogens is 561 g/mol. The summed E-state index contributed by atoms with van der Waals surface area (Å²) in [6.07, 6.45) is 1.81. The minimum absolute atomic E-state index is 0.0861. The Hall–Kier alpha value is -4.25. The fourth-order valence-corrected chi connectivity index (χ4v) is 4.78. The zero-order valence-electron chi connectivity index (χ0n) is 23.1. The lowest BCUT2D eigenvalue weighted by molar-refractivity contribution is -0.117. The number of aromatic nitrogens is 2. The first kappa shape index (κ1) is 29.2. The summed E-state index contributed by atoms with van der Waals surface area (Å²) < 4.78 is 27.0. The van der Waals surface area contributed by atoms with Gasteiger partial charge in [0.05, 0.1) is 31.6 Å². The lowest BCUT2D eigenvalue weighted by Gasteiger charge is -2.30. The number of benzene rings is 3. The Morgan fingerprint density at radius 2 is 1.76 bits per heavy atom. The van der Waals surface area contributed by atoms with Crippen molar-refractivity contribution < 1.29 is 23.5 Å². The van der Waals surface area contributed by atoms with Gasteiger partial charge in [0, 0.05) is 48.6 Å². The molecule has 1 N–H and O–H groups in total. The summed E-state index contributed by atoms with van der Waals surface area (Å²) >= 11 is 6.07. The van der Waals surface area contributed by atoms with Gasteiger partial charge in [0.15, 0.2) is 0 Å². The number of morpholine rings is 1. The highest BCUT2D eigenvalue weighted by atomic mass is 35.5. The van der Waals surface area contributed by atoms with Crippen molar-refractivity contribution in [3.63, 3.8) is 0 Å². The Balaban J connectivity index is 1.40. The standard InChI is InChI=1S/C31H31ClFN5O4/c1-41-25-12-10-24(11-13-25)38-20-28(22-6-8-23(32)9-7-22)34-31(38)35-29(39)21-37(15-14-36-16-18-42-19-17-36)30(40)26-4-2-3-5-27(26)33/h2-13,20H,14-19,21H2,1H3,(H,34,35,39). The third-order valence-corrected chi connectivity index (χ3v) is 7.22. The number of carbonyl (C=O) groups is 2. The van der Waals surface area contributed by atoms with Crippen molar-refractivity contribution in [1.82, 2.24) is 19.4 Å². The Morgan fingerprint density at radius 1 is 1.05 bits per heavy atom. The molecule has 0 atom stereocenters. The van der Waals surface area contributed by atoms with Gasteiger partial charge in [-0.1, -0.05) is 35.9 Å². The molecule has 2 heterocycles. The average Bonchev–Trinajstić information content (AvgIpc) is 3.43. The van der Waals surface area contributed by atoms with Crippen molar-refractivity contribution in [3.05, 3.63) is 95.4 Å². The number of carbonyl (C=O) groups excluding carboxylic acids is 2. The number of imidazole rings is 1. The maximum atomic E-state index is 14.6. The Labute approximate surface area is 248 Å². The molecule has 1 saturated heterocycles. The van der Waals surface area contributed by atoms with Crippen molar-refractivity contribution in [2.45, 2.75) is 0 Å². The first-order valence-corrected chi connectivity index (χ1v) is 13.9. The lowest BCUT2D eigenvalue weighted by atomic mass is 10.2. The van der Waals surface area contributed by atoms with E-state index in [1.54, 1.807) is 36.1 Å². The first-order chi connectivity index (χ1) is 20.4. The van der Waals surface area contributed by atoms with Crippen LogP contribution in [0.1, 0.15) is 10.4 Å². The first-order valence-electron chi connectivity index (χ1n) is 13.5. The van der Waals surface area contributed by atoms with Crippen LogP contribution in [0.15, 0.2) is 79.0 Å². The van der Waals surface area contributed by atoms with Crippen LogP contribution in [0.5, 0.6) is 5.75 Å². The Bertz CT molecular complexity index is 1520. The van der Waals surface area contributed by atoms with E-state index in [2.05, 4.69) is 15.2 Å². The second kappa shape index (κ2) is 13.6. The van der Waals surface area contributed by atoms with Gasteiger partial charge in [-0.25, -0.2) is 9.37 Å². The molecular formula is C31H31ClFN5O4. The number of methoxy groups -OCH3 is 1. The van der Waals surface area contributed by atoms with Gasteiger partial charge >= 0.3 is 0 Å². The third kappa shape index (κ3) is 7.14. The SMILES string of the molecule is COc1ccc(-n2cc(-c3ccc(Cl)cc3)nc2NC(=O)CN(CCN2CCOCC2)C(=O)c2ccccc2F)cc1. The van der Waals surface area contributed by atoms with E-state index in [1.165, 1.54) is 23.1 Å². The van der Waals surface area contributed by atoms with Gasteiger partial charge in [0.2, 0.25) is 11.9 Å². The van der Waals surface area contributed by atoms with Crippen LogP contribution < -0.4 is 10.1 Å². The lowest BCUT2D eigenvalue weighted by Crippen LogP contribution is -2.45. The number of hydrogen-bond acceptors (Lipinski definition) is 6. The smallest absolute Gasteiger partial charge is 0.257 e. The molecule has 0 spiro atoms. The largest absolute Gasteiger partial charge is 0.497 e. The molecule has 5 rings (SSSR count).